The van der Waals surface area contributed by atoms with Crippen LogP contribution in [-0.2, 0) is 4.74 Å². The van der Waals surface area contributed by atoms with E-state index in [1.165, 1.54) is 64.2 Å². The first-order chi connectivity index (χ1) is 12.1. The number of unbranched alkanes of at least 4 members (excludes halogenated alkanes) is 9. The van der Waals surface area contributed by atoms with Crippen LogP contribution in [0.4, 0.5) is 5.00 Å². The number of esters is 1. The molecule has 2 heterocycles. The van der Waals surface area contributed by atoms with Gasteiger partial charge in [0.1, 0.15) is 5.00 Å². The van der Waals surface area contributed by atoms with E-state index in [0.29, 0.717) is 12.3 Å². The lowest BCUT2D eigenvalue weighted by atomic mass is 10.1. The Morgan fingerprint density at radius 1 is 1.08 bits per heavy atom. The van der Waals surface area contributed by atoms with E-state index in [-0.39, 0.29) is 5.97 Å². The van der Waals surface area contributed by atoms with Gasteiger partial charge in [-0.3, -0.25) is 5.01 Å². The molecule has 1 aliphatic heterocycles. The summed E-state index contributed by atoms with van der Waals surface area (Å²) < 4.78 is 5.30. The van der Waals surface area contributed by atoms with E-state index in [0.717, 1.165) is 16.4 Å². The van der Waals surface area contributed by atoms with Crippen molar-refractivity contribution in [2.45, 2.75) is 78.1 Å². The Morgan fingerprint density at radius 2 is 1.68 bits per heavy atom. The predicted molar refractivity (Wildman–Crippen MR) is 106 cm³/mol. The van der Waals surface area contributed by atoms with Crippen LogP contribution in [0.5, 0.6) is 0 Å². The molecule has 0 aliphatic carbocycles. The summed E-state index contributed by atoms with van der Waals surface area (Å²) in [5.41, 5.74) is 0.712. The highest BCUT2D eigenvalue weighted by Crippen LogP contribution is 2.35. The Kier molecular flexibility index (Phi) is 8.76. The van der Waals surface area contributed by atoms with E-state index in [1.54, 1.807) is 11.3 Å². The molecule has 0 spiro atoms. The van der Waals surface area contributed by atoms with Crippen LogP contribution in [0.25, 0.3) is 0 Å². The Bertz CT molecular complexity index is 530. The van der Waals surface area contributed by atoms with Crippen molar-refractivity contribution >= 4 is 22.3 Å². The van der Waals surface area contributed by atoms with Gasteiger partial charge in [-0.2, -0.15) is 0 Å². The molecule has 0 amide bonds. The van der Waals surface area contributed by atoms with Crippen molar-refractivity contribution in [2.75, 3.05) is 25.3 Å². The number of hydrazine groups is 1. The maximum Gasteiger partial charge on any atom is 0.342 e. The van der Waals surface area contributed by atoms with E-state index in [4.69, 9.17) is 4.74 Å². The van der Waals surface area contributed by atoms with Crippen molar-refractivity contribution in [1.82, 2.24) is 5.01 Å². The Morgan fingerprint density at radius 3 is 2.32 bits per heavy atom. The third kappa shape index (κ3) is 6.30. The molecule has 1 aromatic rings. The van der Waals surface area contributed by atoms with Gasteiger partial charge in [-0.25, -0.2) is 9.80 Å². The van der Waals surface area contributed by atoms with Crippen LogP contribution in [0.2, 0.25) is 0 Å². The molecule has 0 N–H and O–H groups in total. The summed E-state index contributed by atoms with van der Waals surface area (Å²) in [4.78, 5) is 13.0. The van der Waals surface area contributed by atoms with E-state index in [1.807, 2.05) is 13.0 Å². The van der Waals surface area contributed by atoms with E-state index >= 15 is 0 Å². The van der Waals surface area contributed by atoms with Gasteiger partial charge in [0.15, 0.2) is 6.73 Å². The van der Waals surface area contributed by atoms with Crippen LogP contribution >= 0.6 is 11.3 Å². The first-order valence-electron chi connectivity index (χ1n) is 9.89. The standard InChI is InChI=1S/C20H34N2O2S/c1-4-5-6-7-8-9-10-11-12-13-14-21(3)22-16-24-20(23)18-15-17(2)25-19(18)22/h15H,4-14,16H2,1-3H3. The topological polar surface area (TPSA) is 32.8 Å². The van der Waals surface area contributed by atoms with Gasteiger partial charge in [0.25, 0.3) is 0 Å². The second-order valence-electron chi connectivity index (χ2n) is 7.10. The first kappa shape index (κ1) is 20.2. The Labute approximate surface area is 157 Å². The molecule has 5 heteroatoms. The number of carbonyl (C=O) groups excluding carboxylic acids is 1. The van der Waals surface area contributed by atoms with Crippen LogP contribution in [0, 0.1) is 6.92 Å². The molecule has 2 rings (SSSR count). The van der Waals surface area contributed by atoms with Gasteiger partial charge < -0.3 is 4.74 Å². The molecule has 0 saturated heterocycles. The number of cyclic esters (lactones) is 1. The van der Waals surface area contributed by atoms with Gasteiger partial charge in [-0.05, 0) is 19.4 Å². The number of rotatable bonds is 12. The number of aryl methyl sites for hydroxylation is 1. The minimum absolute atomic E-state index is 0.192. The first-order valence-corrected chi connectivity index (χ1v) is 10.7. The molecular weight excluding hydrogens is 332 g/mol. The molecule has 0 atom stereocenters. The van der Waals surface area contributed by atoms with Crippen molar-refractivity contribution in [3.8, 4) is 0 Å². The summed E-state index contributed by atoms with van der Waals surface area (Å²) >= 11 is 1.67. The van der Waals surface area contributed by atoms with E-state index in [9.17, 15) is 4.79 Å². The summed E-state index contributed by atoms with van der Waals surface area (Å²) in [7, 11) is 2.09. The molecule has 25 heavy (non-hydrogen) atoms. The largest absolute Gasteiger partial charge is 0.439 e. The highest BCUT2D eigenvalue weighted by Gasteiger charge is 2.28. The normalized spacial score (nSPS) is 14.1. The van der Waals surface area contributed by atoms with Gasteiger partial charge in [0, 0.05) is 18.5 Å². The number of anilines is 1. The van der Waals surface area contributed by atoms with Gasteiger partial charge in [-0.15, -0.1) is 11.3 Å². The van der Waals surface area contributed by atoms with Crippen molar-refractivity contribution in [1.29, 1.82) is 0 Å². The van der Waals surface area contributed by atoms with Gasteiger partial charge >= 0.3 is 5.97 Å². The third-order valence-electron chi connectivity index (χ3n) is 4.86. The number of ether oxygens (including phenoxy) is 1. The van der Waals surface area contributed by atoms with Crippen LogP contribution in [0.1, 0.15) is 86.4 Å². The summed E-state index contributed by atoms with van der Waals surface area (Å²) in [6.07, 6.45) is 13.5. The van der Waals surface area contributed by atoms with Crippen LogP contribution in [0.3, 0.4) is 0 Å². The van der Waals surface area contributed by atoms with Crippen molar-refractivity contribution < 1.29 is 9.53 Å². The average Bonchev–Trinajstić information content (AvgIpc) is 2.99. The average molecular weight is 367 g/mol. The lowest BCUT2D eigenvalue weighted by Crippen LogP contribution is -2.45. The molecule has 4 nitrogen and oxygen atoms in total. The monoisotopic (exact) mass is 366 g/mol. The molecule has 0 aromatic carbocycles. The Hall–Kier alpha value is -1.07. The molecule has 1 aromatic heterocycles. The van der Waals surface area contributed by atoms with Crippen molar-refractivity contribution in [2.24, 2.45) is 0 Å². The van der Waals surface area contributed by atoms with Gasteiger partial charge in [0.2, 0.25) is 0 Å². The summed E-state index contributed by atoms with van der Waals surface area (Å²) in [5.74, 6) is -0.192. The Balaban J connectivity index is 1.61. The van der Waals surface area contributed by atoms with Crippen molar-refractivity contribution in [3.05, 3.63) is 16.5 Å². The fourth-order valence-corrected chi connectivity index (χ4v) is 4.33. The molecule has 0 bridgehead atoms. The fraction of sp³-hybridized carbons (Fsp3) is 0.750. The number of thiophene rings is 1. The summed E-state index contributed by atoms with van der Waals surface area (Å²) in [6.45, 7) is 5.65. The number of hydrogen-bond donors (Lipinski definition) is 0. The quantitative estimate of drug-likeness (QED) is 0.348. The molecule has 0 radical (unpaired) electrons. The molecular formula is C20H34N2O2S. The number of carbonyl (C=O) groups is 1. The molecule has 142 valence electrons. The SMILES string of the molecule is CCCCCCCCCCCCN(C)N1COC(=O)c2cc(C)sc21. The zero-order valence-electron chi connectivity index (χ0n) is 16.2. The smallest absolute Gasteiger partial charge is 0.342 e. The minimum Gasteiger partial charge on any atom is -0.439 e. The van der Waals surface area contributed by atoms with E-state index in [2.05, 4.69) is 24.0 Å². The number of nitrogens with zero attached hydrogens (tertiary/aromatic N) is 2. The van der Waals surface area contributed by atoms with Crippen LogP contribution in [0.15, 0.2) is 6.07 Å². The van der Waals surface area contributed by atoms with Crippen LogP contribution < -0.4 is 5.01 Å². The zero-order valence-corrected chi connectivity index (χ0v) is 17.0. The maximum atomic E-state index is 11.8. The van der Waals surface area contributed by atoms with Crippen LogP contribution in [-0.4, -0.2) is 31.3 Å². The molecule has 1 aliphatic rings. The zero-order chi connectivity index (χ0) is 18.1. The molecule has 0 unspecified atom stereocenters. The second kappa shape index (κ2) is 10.8. The number of fused-ring (bicyclic) bond motifs is 1. The highest BCUT2D eigenvalue weighted by molar-refractivity contribution is 7.16. The maximum absolute atomic E-state index is 11.8. The van der Waals surface area contributed by atoms with E-state index < -0.39 is 0 Å². The molecule has 0 fully saturated rings. The highest BCUT2D eigenvalue weighted by atomic mass is 32.1. The molecule has 0 saturated carbocycles. The van der Waals surface area contributed by atoms with Gasteiger partial charge in [-0.1, -0.05) is 64.7 Å². The lowest BCUT2D eigenvalue weighted by Gasteiger charge is -2.35. The lowest BCUT2D eigenvalue weighted by molar-refractivity contribution is 0.0408. The second-order valence-corrected chi connectivity index (χ2v) is 8.33. The fourth-order valence-electron chi connectivity index (χ4n) is 3.30. The third-order valence-corrected chi connectivity index (χ3v) is 5.92. The minimum atomic E-state index is -0.192. The predicted octanol–water partition coefficient (Wildman–Crippen LogP) is 5.76. The number of hydrogen-bond acceptors (Lipinski definition) is 5. The summed E-state index contributed by atoms with van der Waals surface area (Å²) in [6, 6.07) is 1.93. The van der Waals surface area contributed by atoms with Crippen molar-refractivity contribution in [3.63, 3.8) is 0 Å². The van der Waals surface area contributed by atoms with Gasteiger partial charge in [0.05, 0.1) is 5.56 Å². The summed E-state index contributed by atoms with van der Waals surface area (Å²) in [5, 5.41) is 5.33.